The number of aryl methyl sites for hydroxylation is 1. The van der Waals surface area contributed by atoms with E-state index in [0.29, 0.717) is 30.0 Å². The number of carbonyl (C=O) groups is 1. The Balaban J connectivity index is 1.39. The number of aromatic nitrogens is 3. The molecule has 0 N–H and O–H groups in total. The van der Waals surface area contributed by atoms with Gasteiger partial charge in [-0.15, -0.1) is 0 Å². The van der Waals surface area contributed by atoms with Crippen LogP contribution in [-0.4, -0.2) is 46.1 Å². The first-order chi connectivity index (χ1) is 15.6. The molecule has 0 saturated carbocycles. The second-order valence-corrected chi connectivity index (χ2v) is 9.63. The van der Waals surface area contributed by atoms with Crippen molar-refractivity contribution in [3.05, 3.63) is 52.1 Å². The van der Waals surface area contributed by atoms with Gasteiger partial charge in [0.1, 0.15) is 5.82 Å². The summed E-state index contributed by atoms with van der Waals surface area (Å²) in [4.78, 5) is 38.4. The van der Waals surface area contributed by atoms with Gasteiger partial charge in [0, 0.05) is 39.1 Å². The zero-order valence-corrected chi connectivity index (χ0v) is 19.1. The molecule has 2 aliphatic heterocycles. The fourth-order valence-electron chi connectivity index (χ4n) is 4.81. The highest BCUT2D eigenvalue weighted by Crippen LogP contribution is 2.33. The molecule has 0 amide bonds. The SMILES string of the molecule is Cn1c(C2CCOCC2)nc2sc(N3CCC[C@@H]3C(=O)CCc3ccccc3)nc2c1=O. The maximum absolute atomic E-state index is 13.0. The molecular weight excluding hydrogens is 424 g/mol. The van der Waals surface area contributed by atoms with Gasteiger partial charge in [-0.2, -0.15) is 0 Å². The molecule has 0 bridgehead atoms. The van der Waals surface area contributed by atoms with E-state index in [4.69, 9.17) is 9.72 Å². The van der Waals surface area contributed by atoms with Gasteiger partial charge >= 0.3 is 0 Å². The van der Waals surface area contributed by atoms with E-state index in [2.05, 4.69) is 22.0 Å². The molecule has 5 rings (SSSR count). The minimum absolute atomic E-state index is 0.106. The van der Waals surface area contributed by atoms with Crippen LogP contribution in [0.1, 0.15) is 49.4 Å². The van der Waals surface area contributed by atoms with Crippen LogP contribution in [0, 0.1) is 0 Å². The van der Waals surface area contributed by atoms with E-state index in [1.165, 1.54) is 16.9 Å². The average Bonchev–Trinajstić information content (AvgIpc) is 3.48. The van der Waals surface area contributed by atoms with Crippen molar-refractivity contribution in [3.8, 4) is 0 Å². The molecule has 2 saturated heterocycles. The van der Waals surface area contributed by atoms with Gasteiger partial charge in [0.2, 0.25) is 0 Å². The zero-order chi connectivity index (χ0) is 22.1. The Kier molecular flexibility index (Phi) is 6.06. The number of nitrogens with zero attached hydrogens (tertiary/aromatic N) is 4. The average molecular weight is 453 g/mol. The summed E-state index contributed by atoms with van der Waals surface area (Å²) in [5.41, 5.74) is 1.48. The maximum Gasteiger partial charge on any atom is 0.280 e. The van der Waals surface area contributed by atoms with Gasteiger partial charge in [-0.05, 0) is 37.7 Å². The smallest absolute Gasteiger partial charge is 0.280 e. The summed E-state index contributed by atoms with van der Waals surface area (Å²) in [5, 5.41) is 0.740. The van der Waals surface area contributed by atoms with Crippen LogP contribution in [0.5, 0.6) is 0 Å². The summed E-state index contributed by atoms with van der Waals surface area (Å²) in [5.74, 6) is 1.29. The van der Waals surface area contributed by atoms with Crippen molar-refractivity contribution in [2.75, 3.05) is 24.7 Å². The summed E-state index contributed by atoms with van der Waals surface area (Å²) in [7, 11) is 1.78. The molecule has 3 aromatic rings. The highest BCUT2D eigenvalue weighted by molar-refractivity contribution is 7.21. The Hall–Kier alpha value is -2.58. The number of ether oxygens (including phenoxy) is 1. The van der Waals surface area contributed by atoms with Crippen LogP contribution >= 0.6 is 11.3 Å². The fraction of sp³-hybridized carbons (Fsp3) is 0.500. The van der Waals surface area contributed by atoms with Crippen LogP contribution in [0.3, 0.4) is 0 Å². The molecular formula is C24H28N4O3S. The molecule has 32 heavy (non-hydrogen) atoms. The highest BCUT2D eigenvalue weighted by Gasteiger charge is 2.33. The van der Waals surface area contributed by atoms with Crippen molar-refractivity contribution < 1.29 is 9.53 Å². The third-order valence-electron chi connectivity index (χ3n) is 6.62. The Morgan fingerprint density at radius 2 is 1.94 bits per heavy atom. The molecule has 2 aromatic heterocycles. The van der Waals surface area contributed by atoms with E-state index in [-0.39, 0.29) is 23.3 Å². The van der Waals surface area contributed by atoms with Crippen LogP contribution in [0.2, 0.25) is 0 Å². The molecule has 168 valence electrons. The van der Waals surface area contributed by atoms with Crippen molar-refractivity contribution in [3.63, 3.8) is 0 Å². The van der Waals surface area contributed by atoms with Gasteiger partial charge in [-0.1, -0.05) is 41.7 Å². The van der Waals surface area contributed by atoms with Crippen molar-refractivity contribution in [1.29, 1.82) is 0 Å². The number of thiazole rings is 1. The zero-order valence-electron chi connectivity index (χ0n) is 18.3. The number of fused-ring (bicyclic) bond motifs is 1. The Bertz CT molecular complexity index is 1170. The molecule has 1 aromatic carbocycles. The standard InChI is InChI=1S/C24H28N4O3S/c1-27-21(17-11-14-31-15-12-17)26-22-20(23(27)30)25-24(32-22)28-13-5-8-18(28)19(29)10-9-16-6-3-2-4-7-16/h2-4,6-7,17-18H,5,8-15H2,1H3/t18-/m1/s1. The first-order valence-electron chi connectivity index (χ1n) is 11.4. The molecule has 0 unspecified atom stereocenters. The van der Waals surface area contributed by atoms with Gasteiger partial charge in [-0.3, -0.25) is 14.2 Å². The lowest BCUT2D eigenvalue weighted by Gasteiger charge is -2.22. The van der Waals surface area contributed by atoms with Crippen LogP contribution < -0.4 is 10.5 Å². The maximum atomic E-state index is 13.0. The summed E-state index contributed by atoms with van der Waals surface area (Å²) < 4.78 is 7.12. The first kappa shape index (κ1) is 21.3. The summed E-state index contributed by atoms with van der Waals surface area (Å²) >= 11 is 1.44. The van der Waals surface area contributed by atoms with Crippen molar-refractivity contribution in [2.24, 2.45) is 7.05 Å². The monoisotopic (exact) mass is 452 g/mol. The van der Waals surface area contributed by atoms with E-state index in [1.807, 2.05) is 18.2 Å². The summed E-state index contributed by atoms with van der Waals surface area (Å²) in [6, 6.07) is 9.95. The number of benzene rings is 1. The van der Waals surface area contributed by atoms with E-state index in [0.717, 1.165) is 49.6 Å². The predicted molar refractivity (Wildman–Crippen MR) is 126 cm³/mol. The van der Waals surface area contributed by atoms with E-state index in [9.17, 15) is 9.59 Å². The van der Waals surface area contributed by atoms with Crippen LogP contribution in [0.15, 0.2) is 35.1 Å². The largest absolute Gasteiger partial charge is 0.381 e. The minimum atomic E-state index is -0.168. The summed E-state index contributed by atoms with van der Waals surface area (Å²) in [6.45, 7) is 2.19. The molecule has 7 nitrogen and oxygen atoms in total. The number of anilines is 1. The number of Topliss-reactive ketones (excluding diaryl/α,β-unsaturated/α-hetero) is 1. The van der Waals surface area contributed by atoms with Crippen molar-refractivity contribution in [2.45, 2.75) is 50.5 Å². The Labute approximate surface area is 191 Å². The van der Waals surface area contributed by atoms with Gasteiger partial charge < -0.3 is 9.64 Å². The second-order valence-electron chi connectivity index (χ2n) is 8.67. The predicted octanol–water partition coefficient (Wildman–Crippen LogP) is 3.45. The van der Waals surface area contributed by atoms with Gasteiger partial charge in [0.25, 0.3) is 5.56 Å². The fourth-order valence-corrected chi connectivity index (χ4v) is 5.83. The van der Waals surface area contributed by atoms with E-state index in [1.54, 1.807) is 11.6 Å². The number of hydrogen-bond acceptors (Lipinski definition) is 7. The molecule has 8 heteroatoms. The van der Waals surface area contributed by atoms with Crippen LogP contribution in [0.4, 0.5) is 5.13 Å². The first-order valence-corrected chi connectivity index (χ1v) is 12.2. The van der Waals surface area contributed by atoms with Crippen molar-refractivity contribution in [1.82, 2.24) is 14.5 Å². The molecule has 4 heterocycles. The highest BCUT2D eigenvalue weighted by atomic mass is 32.1. The lowest BCUT2D eigenvalue weighted by atomic mass is 9.99. The van der Waals surface area contributed by atoms with E-state index >= 15 is 0 Å². The number of hydrogen-bond donors (Lipinski definition) is 0. The minimum Gasteiger partial charge on any atom is -0.381 e. The number of rotatable bonds is 6. The topological polar surface area (TPSA) is 77.3 Å². The van der Waals surface area contributed by atoms with Crippen LogP contribution in [0.25, 0.3) is 10.3 Å². The number of carbonyl (C=O) groups excluding carboxylic acids is 1. The molecule has 0 radical (unpaired) electrons. The molecule has 0 aliphatic carbocycles. The number of ketones is 1. The lowest BCUT2D eigenvalue weighted by Crippen LogP contribution is -2.36. The summed E-state index contributed by atoms with van der Waals surface area (Å²) in [6.07, 6.45) is 4.81. The molecule has 2 fully saturated rings. The molecule has 0 spiro atoms. The Morgan fingerprint density at radius 3 is 2.72 bits per heavy atom. The Morgan fingerprint density at radius 1 is 1.16 bits per heavy atom. The third-order valence-corrected chi connectivity index (χ3v) is 7.61. The van der Waals surface area contributed by atoms with E-state index < -0.39 is 0 Å². The normalized spacial score (nSPS) is 19.7. The third kappa shape index (κ3) is 4.09. The quantitative estimate of drug-likeness (QED) is 0.570. The molecule has 1 atom stereocenters. The van der Waals surface area contributed by atoms with Crippen molar-refractivity contribution >= 4 is 32.6 Å². The van der Waals surface area contributed by atoms with Gasteiger partial charge in [-0.25, -0.2) is 9.97 Å². The van der Waals surface area contributed by atoms with Crippen LogP contribution in [-0.2, 0) is 23.0 Å². The lowest BCUT2D eigenvalue weighted by molar-refractivity contribution is -0.120. The van der Waals surface area contributed by atoms with Gasteiger partial charge in [0.15, 0.2) is 21.3 Å². The van der Waals surface area contributed by atoms with Gasteiger partial charge in [0.05, 0.1) is 6.04 Å². The molecule has 2 aliphatic rings. The second kappa shape index (κ2) is 9.11.